The van der Waals surface area contributed by atoms with Crippen molar-refractivity contribution in [2.45, 2.75) is 37.7 Å². The highest BCUT2D eigenvalue weighted by Gasteiger charge is 2.18. The van der Waals surface area contributed by atoms with Crippen LogP contribution in [0.5, 0.6) is 0 Å². The lowest BCUT2D eigenvalue weighted by atomic mass is 10.1. The van der Waals surface area contributed by atoms with Gasteiger partial charge in [0.1, 0.15) is 0 Å². The molecule has 0 atom stereocenters. The van der Waals surface area contributed by atoms with Gasteiger partial charge in [-0.3, -0.25) is 14.3 Å². The summed E-state index contributed by atoms with van der Waals surface area (Å²) >= 11 is 7.76. The minimum absolute atomic E-state index is 0.399. The topological polar surface area (TPSA) is 72.7 Å². The van der Waals surface area contributed by atoms with Crippen LogP contribution in [0.25, 0.3) is 11.2 Å². The van der Waals surface area contributed by atoms with Crippen molar-refractivity contribution in [3.63, 3.8) is 0 Å². The fraction of sp³-hybridized carbons (Fsp3) is 0.389. The van der Waals surface area contributed by atoms with Gasteiger partial charge in [0.25, 0.3) is 5.56 Å². The lowest BCUT2D eigenvalue weighted by molar-refractivity contribution is 0.503. The van der Waals surface area contributed by atoms with E-state index in [-0.39, 0.29) is 0 Å². The van der Waals surface area contributed by atoms with Crippen molar-refractivity contribution in [1.29, 1.82) is 0 Å². The molecule has 1 N–H and O–H groups in total. The number of nitrogens with one attached hydrogen (secondary N) is 1. The van der Waals surface area contributed by atoms with Crippen molar-refractivity contribution in [2.75, 3.05) is 0 Å². The van der Waals surface area contributed by atoms with Gasteiger partial charge in [-0.15, -0.1) is 0 Å². The molecule has 0 fully saturated rings. The van der Waals surface area contributed by atoms with E-state index >= 15 is 0 Å². The Bertz CT molecular complexity index is 1050. The van der Waals surface area contributed by atoms with Crippen molar-refractivity contribution >= 4 is 34.5 Å². The second-order valence-electron chi connectivity index (χ2n) is 6.60. The third-order valence-corrected chi connectivity index (χ3v) is 5.61. The first-order chi connectivity index (χ1) is 12.4. The SMILES string of the molecule is CC(C)CCn1c(SCc2ccccc2Cl)nc2c1c(=O)[nH]c(=O)n2C. The maximum atomic E-state index is 12.4. The zero-order chi connectivity index (χ0) is 18.8. The first-order valence-electron chi connectivity index (χ1n) is 8.44. The lowest BCUT2D eigenvalue weighted by Crippen LogP contribution is -2.29. The molecule has 0 aliphatic heterocycles. The summed E-state index contributed by atoms with van der Waals surface area (Å²) in [6, 6.07) is 7.66. The fourth-order valence-corrected chi connectivity index (χ4v) is 3.98. The fourth-order valence-electron chi connectivity index (χ4n) is 2.68. The van der Waals surface area contributed by atoms with Gasteiger partial charge in [-0.05, 0) is 24.0 Å². The van der Waals surface area contributed by atoms with E-state index in [1.165, 1.54) is 16.3 Å². The molecule has 138 valence electrons. The third-order valence-electron chi connectivity index (χ3n) is 4.22. The Balaban J connectivity index is 2.05. The Morgan fingerprint density at radius 1 is 1.27 bits per heavy atom. The number of nitrogens with zero attached hydrogens (tertiary/aromatic N) is 3. The number of hydrogen-bond acceptors (Lipinski definition) is 4. The first-order valence-corrected chi connectivity index (χ1v) is 9.80. The average Bonchev–Trinajstić information content (AvgIpc) is 2.96. The molecule has 0 amide bonds. The number of aromatic nitrogens is 4. The molecule has 8 heteroatoms. The number of hydrogen-bond donors (Lipinski definition) is 1. The number of thioether (sulfide) groups is 1. The zero-order valence-corrected chi connectivity index (χ0v) is 16.5. The molecule has 0 spiro atoms. The van der Waals surface area contributed by atoms with Gasteiger partial charge in [-0.1, -0.05) is 55.4 Å². The molecule has 2 heterocycles. The minimum atomic E-state index is -0.460. The quantitative estimate of drug-likeness (QED) is 0.652. The van der Waals surface area contributed by atoms with Crippen LogP contribution in [0.15, 0.2) is 39.0 Å². The number of aromatic amines is 1. The van der Waals surface area contributed by atoms with Gasteiger partial charge in [-0.25, -0.2) is 9.78 Å². The van der Waals surface area contributed by atoms with Crippen molar-refractivity contribution < 1.29 is 0 Å². The predicted octanol–water partition coefficient (Wildman–Crippen LogP) is 3.42. The van der Waals surface area contributed by atoms with Crippen LogP contribution >= 0.6 is 23.4 Å². The van der Waals surface area contributed by atoms with Gasteiger partial charge in [0.05, 0.1) is 0 Å². The van der Waals surface area contributed by atoms with Crippen LogP contribution in [0.3, 0.4) is 0 Å². The number of H-pyrrole nitrogens is 1. The molecule has 0 radical (unpaired) electrons. The number of halogens is 1. The first kappa shape index (κ1) is 18.8. The minimum Gasteiger partial charge on any atom is -0.313 e. The number of aryl methyl sites for hydroxylation is 2. The molecule has 0 aliphatic rings. The van der Waals surface area contributed by atoms with E-state index in [0.29, 0.717) is 39.6 Å². The summed E-state index contributed by atoms with van der Waals surface area (Å²) in [6.07, 6.45) is 0.910. The van der Waals surface area contributed by atoms with E-state index in [0.717, 1.165) is 12.0 Å². The van der Waals surface area contributed by atoms with E-state index in [1.54, 1.807) is 7.05 Å². The Morgan fingerprint density at radius 3 is 2.69 bits per heavy atom. The molecule has 1 aromatic carbocycles. The van der Waals surface area contributed by atoms with Crippen molar-refractivity contribution in [2.24, 2.45) is 13.0 Å². The molecule has 0 unspecified atom stereocenters. The highest BCUT2D eigenvalue weighted by molar-refractivity contribution is 7.98. The summed E-state index contributed by atoms with van der Waals surface area (Å²) in [5, 5.41) is 1.42. The van der Waals surface area contributed by atoms with Crippen LogP contribution in [-0.4, -0.2) is 19.1 Å². The van der Waals surface area contributed by atoms with Crippen molar-refractivity contribution in [3.05, 3.63) is 55.7 Å². The Morgan fingerprint density at radius 2 is 2.00 bits per heavy atom. The molecule has 3 aromatic rings. The third kappa shape index (κ3) is 3.73. The van der Waals surface area contributed by atoms with E-state index in [2.05, 4.69) is 23.8 Å². The molecule has 0 saturated carbocycles. The van der Waals surface area contributed by atoms with Gasteiger partial charge in [0.15, 0.2) is 16.3 Å². The maximum absolute atomic E-state index is 12.4. The van der Waals surface area contributed by atoms with Crippen LogP contribution in [0.4, 0.5) is 0 Å². The highest BCUT2D eigenvalue weighted by atomic mass is 35.5. The lowest BCUT2D eigenvalue weighted by Gasteiger charge is -2.10. The average molecular weight is 393 g/mol. The van der Waals surface area contributed by atoms with Crippen LogP contribution in [0.1, 0.15) is 25.8 Å². The van der Waals surface area contributed by atoms with Crippen LogP contribution in [0, 0.1) is 5.92 Å². The highest BCUT2D eigenvalue weighted by Crippen LogP contribution is 2.28. The van der Waals surface area contributed by atoms with E-state index in [1.807, 2.05) is 28.8 Å². The Kier molecular flexibility index (Phi) is 5.58. The predicted molar refractivity (Wildman–Crippen MR) is 106 cm³/mol. The number of rotatable bonds is 6. The normalized spacial score (nSPS) is 11.6. The summed E-state index contributed by atoms with van der Waals surface area (Å²) < 4.78 is 3.29. The van der Waals surface area contributed by atoms with Gasteiger partial charge in [0.2, 0.25) is 0 Å². The molecule has 3 rings (SSSR count). The molecular formula is C18H21ClN4O2S. The van der Waals surface area contributed by atoms with Crippen LogP contribution in [-0.2, 0) is 19.3 Å². The second-order valence-corrected chi connectivity index (χ2v) is 7.95. The van der Waals surface area contributed by atoms with Gasteiger partial charge in [-0.2, -0.15) is 0 Å². The Labute approximate surface area is 160 Å². The van der Waals surface area contributed by atoms with E-state index in [9.17, 15) is 9.59 Å². The maximum Gasteiger partial charge on any atom is 0.329 e. The van der Waals surface area contributed by atoms with Crippen molar-refractivity contribution in [3.8, 4) is 0 Å². The monoisotopic (exact) mass is 392 g/mol. The summed E-state index contributed by atoms with van der Waals surface area (Å²) in [7, 11) is 1.61. The summed E-state index contributed by atoms with van der Waals surface area (Å²) in [5.41, 5.74) is 0.991. The standard InChI is InChI=1S/C18H21ClN4O2S/c1-11(2)8-9-23-14-15(22(3)17(25)21-16(14)24)20-18(23)26-10-12-6-4-5-7-13(12)19/h4-7,11H,8-10H2,1-3H3,(H,21,24,25). The summed E-state index contributed by atoms with van der Waals surface area (Å²) in [4.78, 5) is 31.2. The van der Waals surface area contributed by atoms with E-state index in [4.69, 9.17) is 11.6 Å². The Hall–Kier alpha value is -1.99. The summed E-state index contributed by atoms with van der Waals surface area (Å²) in [5.74, 6) is 1.12. The van der Waals surface area contributed by atoms with Crippen molar-refractivity contribution in [1.82, 2.24) is 19.1 Å². The molecular weight excluding hydrogens is 372 g/mol. The molecule has 0 aliphatic carbocycles. The summed E-state index contributed by atoms with van der Waals surface area (Å²) in [6.45, 7) is 4.94. The number of imidazole rings is 1. The largest absolute Gasteiger partial charge is 0.329 e. The van der Waals surface area contributed by atoms with E-state index < -0.39 is 11.2 Å². The van der Waals surface area contributed by atoms with Gasteiger partial charge >= 0.3 is 5.69 Å². The molecule has 6 nitrogen and oxygen atoms in total. The number of fused-ring (bicyclic) bond motifs is 1. The second kappa shape index (κ2) is 7.72. The van der Waals surface area contributed by atoms with Crippen LogP contribution in [0.2, 0.25) is 5.02 Å². The number of benzene rings is 1. The zero-order valence-electron chi connectivity index (χ0n) is 15.0. The molecule has 2 aromatic heterocycles. The molecule has 0 bridgehead atoms. The smallest absolute Gasteiger partial charge is 0.313 e. The molecule has 0 saturated heterocycles. The van der Waals surface area contributed by atoms with Gasteiger partial charge < -0.3 is 4.57 Å². The van der Waals surface area contributed by atoms with Gasteiger partial charge in [0, 0.05) is 24.4 Å². The molecule has 26 heavy (non-hydrogen) atoms. The van der Waals surface area contributed by atoms with Crippen LogP contribution < -0.4 is 11.2 Å².